The summed E-state index contributed by atoms with van der Waals surface area (Å²) in [5.74, 6) is -1.01. The molecule has 0 unspecified atom stereocenters. The third-order valence-corrected chi connectivity index (χ3v) is 4.58. The monoisotopic (exact) mass is 367 g/mol. The molecular weight excluding hydrogens is 346 g/mol. The van der Waals surface area contributed by atoms with E-state index in [0.29, 0.717) is 17.7 Å². The zero-order valence-electron chi connectivity index (χ0n) is 15.0. The maximum absolute atomic E-state index is 12.7. The summed E-state index contributed by atoms with van der Waals surface area (Å²) in [4.78, 5) is 26.7. The fourth-order valence-electron chi connectivity index (χ4n) is 3.24. The number of likely N-dealkylation sites (tertiary alicyclic amines) is 1. The van der Waals surface area contributed by atoms with E-state index in [9.17, 15) is 14.7 Å². The van der Waals surface area contributed by atoms with Crippen LogP contribution >= 0.6 is 0 Å². The minimum absolute atomic E-state index is 0.0503. The van der Waals surface area contributed by atoms with Crippen molar-refractivity contribution in [1.29, 1.82) is 0 Å². The van der Waals surface area contributed by atoms with Crippen LogP contribution in [0.5, 0.6) is 5.75 Å². The lowest BCUT2D eigenvalue weighted by Crippen LogP contribution is -2.31. The predicted molar refractivity (Wildman–Crippen MR) is 100 cm³/mol. The van der Waals surface area contributed by atoms with Gasteiger partial charge in [-0.1, -0.05) is 30.3 Å². The molecular formula is C21H21NO5. The van der Waals surface area contributed by atoms with E-state index in [2.05, 4.69) is 0 Å². The van der Waals surface area contributed by atoms with E-state index >= 15 is 0 Å². The number of carbonyl (C=O) groups is 2. The molecule has 0 aromatic heterocycles. The van der Waals surface area contributed by atoms with Crippen LogP contribution in [0.2, 0.25) is 0 Å². The summed E-state index contributed by atoms with van der Waals surface area (Å²) in [6.45, 7) is 0.128. The van der Waals surface area contributed by atoms with Gasteiger partial charge < -0.3 is 19.8 Å². The lowest BCUT2D eigenvalue weighted by molar-refractivity contribution is -0.140. The molecule has 1 saturated heterocycles. The second kappa shape index (κ2) is 8.05. The maximum atomic E-state index is 12.7. The molecule has 0 saturated carbocycles. The van der Waals surface area contributed by atoms with Crippen LogP contribution in [0.25, 0.3) is 5.76 Å². The molecule has 2 aromatic rings. The van der Waals surface area contributed by atoms with Crippen LogP contribution in [0.15, 0.2) is 60.2 Å². The third kappa shape index (κ3) is 3.57. The molecule has 3 rings (SSSR count). The summed E-state index contributed by atoms with van der Waals surface area (Å²) < 4.78 is 5.11. The number of hydrogen-bond acceptors (Lipinski definition) is 5. The van der Waals surface area contributed by atoms with E-state index in [1.54, 1.807) is 24.3 Å². The van der Waals surface area contributed by atoms with Crippen molar-refractivity contribution in [2.24, 2.45) is 0 Å². The first kappa shape index (κ1) is 18.7. The summed E-state index contributed by atoms with van der Waals surface area (Å²) >= 11 is 0. The normalized spacial score (nSPS) is 18.7. The van der Waals surface area contributed by atoms with Crippen molar-refractivity contribution in [3.05, 3.63) is 71.3 Å². The highest BCUT2D eigenvalue weighted by molar-refractivity contribution is 6.46. The summed E-state index contributed by atoms with van der Waals surface area (Å²) in [5.41, 5.74) is 1.20. The van der Waals surface area contributed by atoms with Crippen LogP contribution in [-0.4, -0.2) is 47.1 Å². The van der Waals surface area contributed by atoms with E-state index in [1.165, 1.54) is 12.0 Å². The van der Waals surface area contributed by atoms with Crippen LogP contribution in [-0.2, 0) is 9.59 Å². The second-order valence-electron chi connectivity index (χ2n) is 6.21. The quantitative estimate of drug-likeness (QED) is 0.465. The lowest BCUT2D eigenvalue weighted by atomic mass is 9.95. The Bertz CT molecular complexity index is 858. The van der Waals surface area contributed by atoms with Crippen LogP contribution in [0, 0.1) is 0 Å². The van der Waals surface area contributed by atoms with Crippen LogP contribution < -0.4 is 4.74 Å². The number of nitrogens with zero attached hydrogens (tertiary/aromatic N) is 1. The Kier molecular flexibility index (Phi) is 5.57. The van der Waals surface area contributed by atoms with Crippen molar-refractivity contribution in [2.45, 2.75) is 12.5 Å². The highest BCUT2D eigenvalue weighted by Crippen LogP contribution is 2.39. The van der Waals surface area contributed by atoms with Gasteiger partial charge in [0.05, 0.1) is 18.7 Å². The molecule has 1 heterocycles. The fourth-order valence-corrected chi connectivity index (χ4v) is 3.24. The number of aliphatic hydroxyl groups excluding tert-OH is 2. The van der Waals surface area contributed by atoms with Gasteiger partial charge in [0.15, 0.2) is 0 Å². The van der Waals surface area contributed by atoms with E-state index in [-0.39, 0.29) is 24.5 Å². The molecule has 0 radical (unpaired) electrons. The van der Waals surface area contributed by atoms with Crippen molar-refractivity contribution in [1.82, 2.24) is 4.90 Å². The van der Waals surface area contributed by atoms with Crippen LogP contribution in [0.1, 0.15) is 23.6 Å². The minimum Gasteiger partial charge on any atom is -0.507 e. The number of aliphatic hydroxyl groups is 2. The molecule has 1 fully saturated rings. The molecule has 2 N–H and O–H groups in total. The highest BCUT2D eigenvalue weighted by Gasteiger charge is 2.45. The number of amides is 1. The van der Waals surface area contributed by atoms with Gasteiger partial charge in [-0.2, -0.15) is 0 Å². The lowest BCUT2D eigenvalue weighted by Gasteiger charge is -2.25. The number of Topliss-reactive ketones (excluding diaryl/α,β-unsaturated/α-hetero) is 1. The van der Waals surface area contributed by atoms with Gasteiger partial charge in [-0.3, -0.25) is 9.59 Å². The van der Waals surface area contributed by atoms with E-state index in [0.717, 1.165) is 5.56 Å². The van der Waals surface area contributed by atoms with Gasteiger partial charge in [0.1, 0.15) is 11.5 Å². The predicted octanol–water partition coefficient (Wildman–Crippen LogP) is 2.50. The Balaban J connectivity index is 2.11. The van der Waals surface area contributed by atoms with Gasteiger partial charge in [-0.05, 0) is 36.2 Å². The molecule has 1 aliphatic rings. The Morgan fingerprint density at radius 3 is 2.33 bits per heavy atom. The average molecular weight is 367 g/mol. The van der Waals surface area contributed by atoms with Gasteiger partial charge in [-0.25, -0.2) is 0 Å². The summed E-state index contributed by atoms with van der Waals surface area (Å²) in [6, 6.07) is 15.0. The highest BCUT2D eigenvalue weighted by atomic mass is 16.5. The number of carbonyl (C=O) groups excluding carboxylic acids is 2. The fraction of sp³-hybridized carbons (Fsp3) is 0.238. The SMILES string of the molecule is COc1ccc(/C(O)=C2\C(=O)C(=O)N(CCCO)[C@H]2c2ccccc2)cc1. The molecule has 1 aliphatic heterocycles. The van der Waals surface area contributed by atoms with Gasteiger partial charge >= 0.3 is 0 Å². The molecule has 1 amide bonds. The smallest absolute Gasteiger partial charge is 0.295 e. The number of ether oxygens (including phenoxy) is 1. The van der Waals surface area contributed by atoms with Gasteiger partial charge in [-0.15, -0.1) is 0 Å². The van der Waals surface area contributed by atoms with Crippen molar-refractivity contribution < 1.29 is 24.5 Å². The Labute approximate surface area is 157 Å². The van der Waals surface area contributed by atoms with Crippen molar-refractivity contribution in [3.63, 3.8) is 0 Å². The van der Waals surface area contributed by atoms with Gasteiger partial charge in [0, 0.05) is 18.7 Å². The molecule has 0 spiro atoms. The summed E-state index contributed by atoms with van der Waals surface area (Å²) in [7, 11) is 1.54. The topological polar surface area (TPSA) is 87.1 Å². The standard InChI is InChI=1S/C21H21NO5/c1-27-16-10-8-15(9-11-16)19(24)17-18(14-6-3-2-4-7-14)22(12-5-13-23)21(26)20(17)25/h2-4,6-11,18,23-24H,5,12-13H2,1H3/b19-17+/t18-/m0/s1. The number of rotatable bonds is 6. The first-order valence-electron chi connectivity index (χ1n) is 8.67. The Morgan fingerprint density at radius 1 is 1.07 bits per heavy atom. The molecule has 140 valence electrons. The van der Waals surface area contributed by atoms with E-state index in [1.807, 2.05) is 30.3 Å². The first-order valence-corrected chi connectivity index (χ1v) is 8.67. The van der Waals surface area contributed by atoms with Gasteiger partial charge in [0.2, 0.25) is 0 Å². The first-order chi connectivity index (χ1) is 13.1. The van der Waals surface area contributed by atoms with E-state index < -0.39 is 17.7 Å². The molecule has 6 heteroatoms. The number of benzene rings is 2. The molecule has 0 aliphatic carbocycles. The molecule has 0 bridgehead atoms. The average Bonchev–Trinajstić information content (AvgIpc) is 2.97. The Morgan fingerprint density at radius 2 is 1.74 bits per heavy atom. The van der Waals surface area contributed by atoms with E-state index in [4.69, 9.17) is 9.84 Å². The minimum atomic E-state index is -0.727. The number of hydrogen-bond donors (Lipinski definition) is 2. The number of methoxy groups -OCH3 is 1. The molecule has 2 aromatic carbocycles. The molecule has 1 atom stereocenters. The largest absolute Gasteiger partial charge is 0.507 e. The Hall–Kier alpha value is -3.12. The summed E-state index contributed by atoms with van der Waals surface area (Å²) in [6.07, 6.45) is 0.346. The third-order valence-electron chi connectivity index (χ3n) is 4.58. The number of ketones is 1. The van der Waals surface area contributed by atoms with Gasteiger partial charge in [0.25, 0.3) is 11.7 Å². The zero-order valence-corrected chi connectivity index (χ0v) is 15.0. The molecule has 27 heavy (non-hydrogen) atoms. The molecule has 6 nitrogen and oxygen atoms in total. The van der Waals surface area contributed by atoms with Crippen molar-refractivity contribution in [3.8, 4) is 5.75 Å². The maximum Gasteiger partial charge on any atom is 0.295 e. The van der Waals surface area contributed by atoms with Crippen molar-refractivity contribution >= 4 is 17.4 Å². The second-order valence-corrected chi connectivity index (χ2v) is 6.21. The summed E-state index contributed by atoms with van der Waals surface area (Å²) in [5, 5.41) is 20.0. The van der Waals surface area contributed by atoms with Crippen LogP contribution in [0.3, 0.4) is 0 Å². The van der Waals surface area contributed by atoms with Crippen molar-refractivity contribution in [2.75, 3.05) is 20.3 Å². The van der Waals surface area contributed by atoms with Crippen LogP contribution in [0.4, 0.5) is 0 Å². The zero-order chi connectivity index (χ0) is 19.4.